The summed E-state index contributed by atoms with van der Waals surface area (Å²) >= 11 is 0. The molecule has 122 valence electrons. The zero-order valence-corrected chi connectivity index (χ0v) is 13.8. The van der Waals surface area contributed by atoms with Crippen LogP contribution in [-0.4, -0.2) is 56.7 Å². The zero-order valence-electron chi connectivity index (χ0n) is 13.0. The van der Waals surface area contributed by atoms with Gasteiger partial charge in [0.05, 0.1) is 0 Å². The SMILES string of the molecule is CC1CCC(NS(=O)(=O)CC(=O)N2CCNC[C@H]2C)CC1. The number of hydrogen-bond donors (Lipinski definition) is 2. The molecule has 0 aromatic carbocycles. The third-order valence-corrected chi connectivity index (χ3v) is 5.82. The number of hydrogen-bond acceptors (Lipinski definition) is 4. The molecule has 1 saturated heterocycles. The molecule has 1 saturated carbocycles. The van der Waals surface area contributed by atoms with Crippen molar-refractivity contribution in [1.29, 1.82) is 0 Å². The van der Waals surface area contributed by atoms with Crippen LogP contribution >= 0.6 is 0 Å². The molecule has 2 aliphatic rings. The molecule has 1 atom stereocenters. The van der Waals surface area contributed by atoms with E-state index in [1.54, 1.807) is 4.90 Å². The summed E-state index contributed by atoms with van der Waals surface area (Å²) in [5.41, 5.74) is 0. The second-order valence-corrected chi connectivity index (χ2v) is 8.23. The standard InChI is InChI=1S/C14H27N3O3S/c1-11-3-5-13(6-4-11)16-21(19,20)10-14(18)17-8-7-15-9-12(17)2/h11-13,15-16H,3-10H2,1-2H3/t11?,12-,13?/m1/s1. The molecule has 0 aromatic heterocycles. The van der Waals surface area contributed by atoms with E-state index in [-0.39, 0.29) is 18.0 Å². The molecular formula is C14H27N3O3S. The van der Waals surface area contributed by atoms with Crippen LogP contribution in [0.25, 0.3) is 0 Å². The second kappa shape index (κ2) is 7.07. The summed E-state index contributed by atoms with van der Waals surface area (Å²) in [6.07, 6.45) is 3.85. The lowest BCUT2D eigenvalue weighted by molar-refractivity contribution is -0.131. The van der Waals surface area contributed by atoms with E-state index in [1.807, 2.05) is 6.92 Å². The summed E-state index contributed by atoms with van der Waals surface area (Å²) in [7, 11) is -3.53. The second-order valence-electron chi connectivity index (χ2n) is 6.47. The largest absolute Gasteiger partial charge is 0.337 e. The number of piperazine rings is 1. The van der Waals surface area contributed by atoms with Gasteiger partial charge in [-0.1, -0.05) is 6.92 Å². The Morgan fingerprint density at radius 2 is 1.90 bits per heavy atom. The molecule has 7 heteroatoms. The van der Waals surface area contributed by atoms with Gasteiger partial charge >= 0.3 is 0 Å². The number of nitrogens with zero attached hydrogens (tertiary/aromatic N) is 1. The van der Waals surface area contributed by atoms with Crippen LogP contribution < -0.4 is 10.0 Å². The van der Waals surface area contributed by atoms with Crippen LogP contribution in [-0.2, 0) is 14.8 Å². The Kier molecular flexibility index (Phi) is 5.62. The van der Waals surface area contributed by atoms with Gasteiger partial charge in [0.1, 0.15) is 5.75 Å². The average molecular weight is 317 g/mol. The third kappa shape index (κ3) is 4.93. The van der Waals surface area contributed by atoms with Crippen molar-refractivity contribution in [3.8, 4) is 0 Å². The van der Waals surface area contributed by atoms with E-state index in [1.165, 1.54) is 0 Å². The first-order valence-electron chi connectivity index (χ1n) is 7.87. The Morgan fingerprint density at radius 1 is 1.24 bits per heavy atom. The van der Waals surface area contributed by atoms with Crippen LogP contribution in [0.5, 0.6) is 0 Å². The average Bonchev–Trinajstić information content (AvgIpc) is 2.41. The molecule has 1 amide bonds. The topological polar surface area (TPSA) is 78.5 Å². The molecule has 21 heavy (non-hydrogen) atoms. The lowest BCUT2D eigenvalue weighted by Crippen LogP contribution is -2.54. The Labute approximate surface area is 127 Å². The van der Waals surface area contributed by atoms with Crippen molar-refractivity contribution >= 4 is 15.9 Å². The van der Waals surface area contributed by atoms with Gasteiger partial charge in [-0.25, -0.2) is 13.1 Å². The number of amides is 1. The molecule has 1 aliphatic heterocycles. The van der Waals surface area contributed by atoms with E-state index in [2.05, 4.69) is 17.0 Å². The minimum absolute atomic E-state index is 0.000513. The van der Waals surface area contributed by atoms with E-state index in [9.17, 15) is 13.2 Å². The van der Waals surface area contributed by atoms with E-state index in [4.69, 9.17) is 0 Å². The van der Waals surface area contributed by atoms with Crippen molar-refractivity contribution < 1.29 is 13.2 Å². The van der Waals surface area contributed by atoms with Gasteiger partial charge < -0.3 is 10.2 Å². The van der Waals surface area contributed by atoms with Crippen molar-refractivity contribution in [1.82, 2.24) is 14.9 Å². The monoisotopic (exact) mass is 317 g/mol. The summed E-state index contributed by atoms with van der Waals surface area (Å²) < 4.78 is 27.0. The molecule has 6 nitrogen and oxygen atoms in total. The Bertz CT molecular complexity index is 458. The predicted octanol–water partition coefficient (Wildman–Crippen LogP) is 0.305. The maximum atomic E-state index is 12.2. The van der Waals surface area contributed by atoms with Gasteiger partial charge in [0, 0.05) is 31.7 Å². The lowest BCUT2D eigenvalue weighted by atomic mass is 9.88. The van der Waals surface area contributed by atoms with Crippen molar-refractivity contribution in [3.05, 3.63) is 0 Å². The van der Waals surface area contributed by atoms with Crippen molar-refractivity contribution in [2.75, 3.05) is 25.4 Å². The third-order valence-electron chi connectivity index (χ3n) is 4.50. The van der Waals surface area contributed by atoms with E-state index in [0.29, 0.717) is 12.5 Å². The van der Waals surface area contributed by atoms with Gasteiger partial charge in [-0.3, -0.25) is 4.79 Å². The molecular weight excluding hydrogens is 290 g/mol. The van der Waals surface area contributed by atoms with Gasteiger partial charge in [-0.2, -0.15) is 0 Å². The molecule has 2 fully saturated rings. The van der Waals surface area contributed by atoms with E-state index < -0.39 is 15.8 Å². The van der Waals surface area contributed by atoms with Gasteiger partial charge in [0.25, 0.3) is 0 Å². The molecule has 2 rings (SSSR count). The van der Waals surface area contributed by atoms with Crippen LogP contribution in [0, 0.1) is 5.92 Å². The molecule has 0 bridgehead atoms. The summed E-state index contributed by atoms with van der Waals surface area (Å²) in [4.78, 5) is 13.9. The number of carbonyl (C=O) groups is 1. The zero-order chi connectivity index (χ0) is 15.5. The maximum Gasteiger partial charge on any atom is 0.239 e. The summed E-state index contributed by atoms with van der Waals surface area (Å²) in [5.74, 6) is -0.0431. The van der Waals surface area contributed by atoms with Crippen LogP contribution in [0.4, 0.5) is 0 Å². The fourth-order valence-electron chi connectivity index (χ4n) is 3.13. The molecule has 0 spiro atoms. The number of carbonyl (C=O) groups excluding carboxylic acids is 1. The minimum atomic E-state index is -3.53. The Balaban J connectivity index is 1.86. The van der Waals surface area contributed by atoms with Crippen molar-refractivity contribution in [2.45, 2.75) is 51.6 Å². The minimum Gasteiger partial charge on any atom is -0.337 e. The first-order valence-corrected chi connectivity index (χ1v) is 9.53. The fourth-order valence-corrected chi connectivity index (χ4v) is 4.45. The normalized spacial score (nSPS) is 31.1. The lowest BCUT2D eigenvalue weighted by Gasteiger charge is -2.34. The first-order chi connectivity index (χ1) is 9.87. The van der Waals surface area contributed by atoms with Gasteiger partial charge in [0.15, 0.2) is 0 Å². The van der Waals surface area contributed by atoms with E-state index >= 15 is 0 Å². The molecule has 2 N–H and O–H groups in total. The molecule has 1 aliphatic carbocycles. The van der Waals surface area contributed by atoms with Crippen molar-refractivity contribution in [3.63, 3.8) is 0 Å². The highest BCUT2D eigenvalue weighted by molar-refractivity contribution is 7.90. The molecule has 0 aromatic rings. The highest BCUT2D eigenvalue weighted by Crippen LogP contribution is 2.23. The van der Waals surface area contributed by atoms with Crippen LogP contribution in [0.1, 0.15) is 39.5 Å². The number of sulfonamides is 1. The molecule has 0 unspecified atom stereocenters. The Hall–Kier alpha value is -0.660. The van der Waals surface area contributed by atoms with E-state index in [0.717, 1.165) is 38.8 Å². The quantitative estimate of drug-likeness (QED) is 0.782. The summed E-state index contributed by atoms with van der Waals surface area (Å²) in [5, 5.41) is 3.19. The highest BCUT2D eigenvalue weighted by Gasteiger charge is 2.29. The van der Waals surface area contributed by atoms with Gasteiger partial charge in [-0.15, -0.1) is 0 Å². The molecule has 1 heterocycles. The van der Waals surface area contributed by atoms with Crippen LogP contribution in [0.15, 0.2) is 0 Å². The Morgan fingerprint density at radius 3 is 2.52 bits per heavy atom. The number of nitrogens with one attached hydrogen (secondary N) is 2. The summed E-state index contributed by atoms with van der Waals surface area (Å²) in [6.45, 7) is 6.16. The number of rotatable bonds is 4. The smallest absolute Gasteiger partial charge is 0.239 e. The van der Waals surface area contributed by atoms with Crippen LogP contribution in [0.2, 0.25) is 0 Å². The fraction of sp³-hybridized carbons (Fsp3) is 0.929. The predicted molar refractivity (Wildman–Crippen MR) is 82.4 cm³/mol. The first kappa shape index (κ1) is 16.7. The summed E-state index contributed by atoms with van der Waals surface area (Å²) in [6, 6.07) is 0.0522. The van der Waals surface area contributed by atoms with Crippen LogP contribution in [0.3, 0.4) is 0 Å². The van der Waals surface area contributed by atoms with Gasteiger partial charge in [-0.05, 0) is 38.5 Å². The van der Waals surface area contributed by atoms with Crippen molar-refractivity contribution in [2.24, 2.45) is 5.92 Å². The molecule has 0 radical (unpaired) electrons. The van der Waals surface area contributed by atoms with Gasteiger partial charge in [0.2, 0.25) is 15.9 Å². The highest BCUT2D eigenvalue weighted by atomic mass is 32.2. The maximum absolute atomic E-state index is 12.2.